The minimum Gasteiger partial charge on any atom is -0.378 e. The topological polar surface area (TPSA) is 60.4 Å². The van der Waals surface area contributed by atoms with Gasteiger partial charge in [-0.25, -0.2) is 0 Å². The fourth-order valence-electron chi connectivity index (χ4n) is 2.06. The van der Waals surface area contributed by atoms with Crippen LogP contribution in [-0.2, 0) is 16.3 Å². The van der Waals surface area contributed by atoms with Gasteiger partial charge in [-0.05, 0) is 30.3 Å². The van der Waals surface area contributed by atoms with Gasteiger partial charge >= 0.3 is 16.3 Å². The number of carbonyl (C=O) groups is 1. The molecule has 0 fully saturated rings. The molecule has 0 aliphatic carbocycles. The second kappa shape index (κ2) is 7.05. The van der Waals surface area contributed by atoms with E-state index >= 15 is 0 Å². The Kier molecular flexibility index (Phi) is 5.43. The molecule has 0 bridgehead atoms. The van der Waals surface area contributed by atoms with Crippen LogP contribution in [0, 0.1) is 0 Å². The molecular weight excluding hydrogens is 381 g/mol. The highest BCUT2D eigenvalue weighted by atomic mass is 35.5. The van der Waals surface area contributed by atoms with Gasteiger partial charge in [0.25, 0.3) is 0 Å². The number of carbonyl (C=O) groups excluding carboxylic acids is 1. The Morgan fingerprint density at radius 2 is 1.80 bits per heavy atom. The number of alkyl halides is 3. The highest BCUT2D eigenvalue weighted by molar-refractivity contribution is 7.87. The van der Waals surface area contributed by atoms with Crippen LogP contribution < -0.4 is 4.18 Å². The summed E-state index contributed by atoms with van der Waals surface area (Å²) in [7, 11) is -4.84. The molecule has 0 heterocycles. The summed E-state index contributed by atoms with van der Waals surface area (Å²) in [4.78, 5) is 10.8. The highest BCUT2D eigenvalue weighted by Gasteiger charge is 2.38. The first kappa shape index (κ1) is 19.3. The predicted molar refractivity (Wildman–Crippen MR) is 85.3 cm³/mol. The summed E-state index contributed by atoms with van der Waals surface area (Å²) in [5, 5.41) is -0.271. The smallest absolute Gasteiger partial charge is 0.378 e. The van der Waals surface area contributed by atoms with Crippen LogP contribution in [0.5, 0.6) is 5.75 Å². The number of para-hydroxylation sites is 1. The van der Waals surface area contributed by atoms with Crippen LogP contribution in [0.3, 0.4) is 0 Å². The summed E-state index contributed by atoms with van der Waals surface area (Å²) >= 11 is 5.54. The second-order valence-corrected chi connectivity index (χ2v) is 6.90. The van der Waals surface area contributed by atoms with E-state index in [1.165, 1.54) is 24.3 Å². The first-order valence-corrected chi connectivity index (χ1v) is 8.78. The Morgan fingerprint density at radius 1 is 1.16 bits per heavy atom. The van der Waals surface area contributed by atoms with Crippen molar-refractivity contribution in [1.29, 1.82) is 0 Å². The molecular formula is C16H12ClF3O4S. The molecule has 0 saturated heterocycles. The molecule has 0 atom stereocenters. The van der Waals surface area contributed by atoms with Crippen LogP contribution in [0.1, 0.15) is 29.3 Å². The average molecular weight is 393 g/mol. The zero-order valence-corrected chi connectivity index (χ0v) is 14.4. The molecule has 0 N–H and O–H groups in total. The van der Waals surface area contributed by atoms with Gasteiger partial charge in [-0.1, -0.05) is 30.7 Å². The third kappa shape index (κ3) is 4.32. The normalized spacial score (nSPS) is 12.0. The van der Waals surface area contributed by atoms with Gasteiger partial charge in [0.2, 0.25) is 0 Å². The molecule has 4 nitrogen and oxygen atoms in total. The third-order valence-corrected chi connectivity index (χ3v) is 4.75. The van der Waals surface area contributed by atoms with Crippen molar-refractivity contribution in [2.75, 3.05) is 0 Å². The van der Waals surface area contributed by atoms with Crippen molar-refractivity contribution in [1.82, 2.24) is 0 Å². The van der Waals surface area contributed by atoms with Crippen LogP contribution in [0.25, 0.3) is 0 Å². The zero-order chi connectivity index (χ0) is 18.8. The van der Waals surface area contributed by atoms with E-state index in [0.717, 1.165) is 6.07 Å². The quantitative estimate of drug-likeness (QED) is 0.545. The van der Waals surface area contributed by atoms with E-state index < -0.39 is 32.5 Å². The van der Waals surface area contributed by atoms with Crippen LogP contribution in [0.2, 0.25) is 5.02 Å². The minimum absolute atomic E-state index is 0.0314. The van der Waals surface area contributed by atoms with Gasteiger partial charge in [-0.15, -0.1) is 0 Å². The number of ketones is 1. The molecule has 0 amide bonds. The van der Waals surface area contributed by atoms with Crippen molar-refractivity contribution in [2.45, 2.75) is 24.4 Å². The summed E-state index contributed by atoms with van der Waals surface area (Å²) in [5.74, 6) is -0.740. The van der Waals surface area contributed by atoms with Gasteiger partial charge in [0, 0.05) is 11.4 Å². The van der Waals surface area contributed by atoms with E-state index in [2.05, 4.69) is 0 Å². The standard InChI is InChI=1S/C16H12ClF3O4S/c1-2-13(21)11-5-3-4-6-14(11)24-25(22,23)15-8-7-10(17)9-12(15)16(18,19)20/h3-9H,2H2,1H3. The molecule has 2 rings (SSSR count). The molecule has 0 saturated carbocycles. The van der Waals surface area contributed by atoms with Gasteiger partial charge in [0.15, 0.2) is 11.5 Å². The molecule has 25 heavy (non-hydrogen) atoms. The van der Waals surface area contributed by atoms with E-state index in [9.17, 15) is 26.4 Å². The number of Topliss-reactive ketones (excluding diaryl/α,β-unsaturated/α-hetero) is 1. The number of rotatable bonds is 5. The molecule has 0 spiro atoms. The van der Waals surface area contributed by atoms with Crippen molar-refractivity contribution >= 4 is 27.5 Å². The van der Waals surface area contributed by atoms with Crippen molar-refractivity contribution < 1.29 is 30.6 Å². The van der Waals surface area contributed by atoms with Crippen molar-refractivity contribution in [2.24, 2.45) is 0 Å². The molecule has 0 aliphatic heterocycles. The lowest BCUT2D eigenvalue weighted by atomic mass is 10.1. The zero-order valence-electron chi connectivity index (χ0n) is 12.8. The van der Waals surface area contributed by atoms with Crippen molar-refractivity contribution in [3.05, 3.63) is 58.6 Å². The van der Waals surface area contributed by atoms with Crippen LogP contribution >= 0.6 is 11.6 Å². The molecule has 0 aliphatic rings. The van der Waals surface area contributed by atoms with Gasteiger partial charge < -0.3 is 4.18 Å². The largest absolute Gasteiger partial charge is 0.417 e. The van der Waals surface area contributed by atoms with Gasteiger partial charge in [0.05, 0.1) is 11.1 Å². The monoisotopic (exact) mass is 392 g/mol. The van der Waals surface area contributed by atoms with Crippen LogP contribution in [0.4, 0.5) is 13.2 Å². The SMILES string of the molecule is CCC(=O)c1ccccc1OS(=O)(=O)c1ccc(Cl)cc1C(F)(F)F. The molecule has 9 heteroatoms. The Bertz CT molecular complexity index is 908. The number of benzene rings is 2. The van der Waals surface area contributed by atoms with Gasteiger partial charge in [-0.3, -0.25) is 4.79 Å². The first-order chi connectivity index (χ1) is 11.6. The van der Waals surface area contributed by atoms with Crippen LogP contribution in [-0.4, -0.2) is 14.2 Å². The fraction of sp³-hybridized carbons (Fsp3) is 0.188. The fourth-order valence-corrected chi connectivity index (χ4v) is 3.39. The Balaban J connectivity index is 2.54. The Hall–Kier alpha value is -2.06. The Labute approximate surface area is 147 Å². The summed E-state index contributed by atoms with van der Waals surface area (Å²) in [5.41, 5.74) is -1.48. The molecule has 0 unspecified atom stereocenters. The third-order valence-electron chi connectivity index (χ3n) is 3.22. The second-order valence-electron chi connectivity index (χ2n) is 4.95. The highest BCUT2D eigenvalue weighted by Crippen LogP contribution is 2.37. The minimum atomic E-state index is -4.95. The van der Waals surface area contributed by atoms with E-state index in [0.29, 0.717) is 12.1 Å². The van der Waals surface area contributed by atoms with Gasteiger partial charge in [-0.2, -0.15) is 21.6 Å². The average Bonchev–Trinajstić information content (AvgIpc) is 2.53. The summed E-state index contributed by atoms with van der Waals surface area (Å²) in [6.45, 7) is 1.56. The maximum absolute atomic E-state index is 13.1. The first-order valence-electron chi connectivity index (χ1n) is 6.99. The lowest BCUT2D eigenvalue weighted by Crippen LogP contribution is -2.18. The van der Waals surface area contributed by atoms with E-state index in [4.69, 9.17) is 15.8 Å². The van der Waals surface area contributed by atoms with Crippen molar-refractivity contribution in [3.8, 4) is 5.75 Å². The van der Waals surface area contributed by atoms with E-state index in [1.807, 2.05) is 0 Å². The van der Waals surface area contributed by atoms with Crippen molar-refractivity contribution in [3.63, 3.8) is 0 Å². The molecule has 2 aromatic rings. The summed E-state index contributed by atoms with van der Waals surface area (Å²) < 4.78 is 68.9. The number of halogens is 4. The molecule has 0 radical (unpaired) electrons. The van der Waals surface area contributed by atoms with Gasteiger partial charge in [0.1, 0.15) is 4.90 Å². The number of hydrogen-bond acceptors (Lipinski definition) is 4. The number of hydrogen-bond donors (Lipinski definition) is 0. The molecule has 2 aromatic carbocycles. The Morgan fingerprint density at radius 3 is 2.40 bits per heavy atom. The lowest BCUT2D eigenvalue weighted by molar-refractivity contribution is -0.139. The maximum Gasteiger partial charge on any atom is 0.417 e. The predicted octanol–water partition coefficient (Wildman–Crippen LogP) is 4.72. The summed E-state index contributed by atoms with van der Waals surface area (Å²) in [6, 6.07) is 7.66. The summed E-state index contributed by atoms with van der Waals surface area (Å²) in [6.07, 6.45) is -4.87. The molecule has 134 valence electrons. The van der Waals surface area contributed by atoms with Crippen LogP contribution in [0.15, 0.2) is 47.4 Å². The maximum atomic E-state index is 13.1. The lowest BCUT2D eigenvalue weighted by Gasteiger charge is -2.15. The molecule has 0 aromatic heterocycles. The van der Waals surface area contributed by atoms with E-state index in [-0.39, 0.29) is 22.8 Å². The van der Waals surface area contributed by atoms with E-state index in [1.54, 1.807) is 6.92 Å².